The first-order valence-corrected chi connectivity index (χ1v) is 11.6. The summed E-state index contributed by atoms with van der Waals surface area (Å²) in [5.41, 5.74) is 0. The zero-order valence-corrected chi connectivity index (χ0v) is 20.2. The van der Waals surface area contributed by atoms with E-state index in [-0.39, 0.29) is 11.8 Å². The van der Waals surface area contributed by atoms with Gasteiger partial charge in [0.15, 0.2) is 0 Å². The summed E-state index contributed by atoms with van der Waals surface area (Å²) in [5, 5.41) is 5.91. The van der Waals surface area contributed by atoms with Crippen molar-refractivity contribution in [2.24, 2.45) is 23.7 Å². The van der Waals surface area contributed by atoms with Crippen LogP contribution >= 0.6 is 0 Å². The summed E-state index contributed by atoms with van der Waals surface area (Å²) in [4.78, 5) is 22.6. The topological polar surface area (TPSA) is 58.2 Å². The summed E-state index contributed by atoms with van der Waals surface area (Å²) in [7, 11) is 0. The molecule has 0 bridgehead atoms. The summed E-state index contributed by atoms with van der Waals surface area (Å²) in [6, 6.07) is 0. The van der Waals surface area contributed by atoms with Gasteiger partial charge in [-0.25, -0.2) is 0 Å². The van der Waals surface area contributed by atoms with E-state index < -0.39 is 0 Å². The first-order chi connectivity index (χ1) is 13.0. The molecule has 0 aromatic carbocycles. The molecule has 2 N–H and O–H groups in total. The largest absolute Gasteiger partial charge is 0.356 e. The van der Waals surface area contributed by atoms with Gasteiger partial charge in [0, 0.05) is 25.9 Å². The van der Waals surface area contributed by atoms with Crippen molar-refractivity contribution in [2.75, 3.05) is 13.1 Å². The standard InChI is InChI=1S/2C12H25NO/c2*1-10(2)6-5-9-13-12(14)8-7-11(3)4/h2*10-11H,5-9H2,1-4H3,(H,13,14). The molecule has 0 heterocycles. The van der Waals surface area contributed by atoms with Crippen molar-refractivity contribution >= 4 is 11.8 Å². The summed E-state index contributed by atoms with van der Waals surface area (Å²) in [5.74, 6) is 3.14. The second-order valence-electron chi connectivity index (χ2n) is 9.64. The molecule has 0 saturated carbocycles. The smallest absolute Gasteiger partial charge is 0.220 e. The zero-order chi connectivity index (χ0) is 21.9. The summed E-state index contributed by atoms with van der Waals surface area (Å²) < 4.78 is 0. The van der Waals surface area contributed by atoms with Crippen LogP contribution in [0.25, 0.3) is 0 Å². The fourth-order valence-corrected chi connectivity index (χ4v) is 2.49. The van der Waals surface area contributed by atoms with Gasteiger partial charge in [0.25, 0.3) is 0 Å². The molecule has 0 rings (SSSR count). The molecule has 2 amide bonds. The number of carbonyl (C=O) groups excluding carboxylic acids is 2. The fraction of sp³-hybridized carbons (Fsp3) is 0.917. The molecule has 0 saturated heterocycles. The Hall–Kier alpha value is -1.06. The average molecular weight is 399 g/mol. The molecule has 0 fully saturated rings. The lowest BCUT2D eigenvalue weighted by molar-refractivity contribution is -0.122. The molecule has 0 aliphatic heterocycles. The van der Waals surface area contributed by atoms with Gasteiger partial charge in [-0.3, -0.25) is 9.59 Å². The van der Waals surface area contributed by atoms with E-state index in [9.17, 15) is 9.59 Å². The number of rotatable bonds is 14. The van der Waals surface area contributed by atoms with Gasteiger partial charge >= 0.3 is 0 Å². The van der Waals surface area contributed by atoms with Crippen LogP contribution in [0.15, 0.2) is 0 Å². The third-order valence-electron chi connectivity index (χ3n) is 4.46. The maximum Gasteiger partial charge on any atom is 0.220 e. The van der Waals surface area contributed by atoms with Gasteiger partial charge in [-0.15, -0.1) is 0 Å². The molecular weight excluding hydrogens is 348 g/mol. The Kier molecular flexibility index (Phi) is 20.1. The maximum atomic E-state index is 11.3. The van der Waals surface area contributed by atoms with Crippen LogP contribution in [0.4, 0.5) is 0 Å². The van der Waals surface area contributed by atoms with Gasteiger partial charge in [-0.05, 0) is 62.2 Å². The monoisotopic (exact) mass is 398 g/mol. The van der Waals surface area contributed by atoms with E-state index in [1.165, 1.54) is 12.8 Å². The molecule has 0 aromatic heterocycles. The minimum atomic E-state index is 0.211. The van der Waals surface area contributed by atoms with Gasteiger partial charge in [0.2, 0.25) is 11.8 Å². The number of amides is 2. The van der Waals surface area contributed by atoms with Crippen LogP contribution < -0.4 is 10.6 Å². The second kappa shape index (κ2) is 19.3. The lowest BCUT2D eigenvalue weighted by Gasteiger charge is -2.07. The fourth-order valence-electron chi connectivity index (χ4n) is 2.49. The highest BCUT2D eigenvalue weighted by molar-refractivity contribution is 5.76. The van der Waals surface area contributed by atoms with E-state index in [0.717, 1.165) is 50.6 Å². The van der Waals surface area contributed by atoms with E-state index in [0.29, 0.717) is 24.7 Å². The van der Waals surface area contributed by atoms with Gasteiger partial charge in [0.05, 0.1) is 0 Å². The van der Waals surface area contributed by atoms with Crippen molar-refractivity contribution in [2.45, 2.75) is 107 Å². The van der Waals surface area contributed by atoms with E-state index >= 15 is 0 Å². The molecule has 168 valence electrons. The lowest BCUT2D eigenvalue weighted by atomic mass is 10.1. The summed E-state index contributed by atoms with van der Waals surface area (Å²) >= 11 is 0. The molecule has 0 atom stereocenters. The number of hydrogen-bond donors (Lipinski definition) is 2. The summed E-state index contributed by atoms with van der Waals surface area (Å²) in [6.45, 7) is 19.1. The van der Waals surface area contributed by atoms with Crippen LogP contribution in [0.2, 0.25) is 0 Å². The molecule has 0 unspecified atom stereocenters. The average Bonchev–Trinajstić information content (AvgIpc) is 2.59. The Morgan fingerprint density at radius 3 is 1.07 bits per heavy atom. The third-order valence-corrected chi connectivity index (χ3v) is 4.46. The predicted molar refractivity (Wildman–Crippen MR) is 122 cm³/mol. The number of nitrogens with one attached hydrogen (secondary N) is 2. The minimum absolute atomic E-state index is 0.211. The Balaban J connectivity index is 0. The number of carbonyl (C=O) groups is 2. The van der Waals surface area contributed by atoms with Crippen LogP contribution in [0.3, 0.4) is 0 Å². The quantitative estimate of drug-likeness (QED) is 0.355. The molecular formula is C24H50N2O2. The van der Waals surface area contributed by atoms with Crippen LogP contribution in [-0.4, -0.2) is 24.9 Å². The van der Waals surface area contributed by atoms with Gasteiger partial charge in [0.1, 0.15) is 0 Å². The maximum absolute atomic E-state index is 11.3. The lowest BCUT2D eigenvalue weighted by Crippen LogP contribution is -2.24. The highest BCUT2D eigenvalue weighted by Gasteiger charge is 2.03. The molecule has 28 heavy (non-hydrogen) atoms. The molecule has 0 radical (unpaired) electrons. The van der Waals surface area contributed by atoms with Crippen molar-refractivity contribution in [3.8, 4) is 0 Å². The third kappa shape index (κ3) is 27.2. The van der Waals surface area contributed by atoms with Crippen LogP contribution in [-0.2, 0) is 9.59 Å². The van der Waals surface area contributed by atoms with Crippen LogP contribution in [0.5, 0.6) is 0 Å². The molecule has 4 heteroatoms. The first kappa shape index (κ1) is 29.1. The molecule has 0 aromatic rings. The molecule has 4 nitrogen and oxygen atoms in total. The summed E-state index contributed by atoms with van der Waals surface area (Å²) in [6.07, 6.45) is 7.95. The van der Waals surface area contributed by atoms with Crippen molar-refractivity contribution in [1.29, 1.82) is 0 Å². The van der Waals surface area contributed by atoms with E-state index in [4.69, 9.17) is 0 Å². The number of hydrogen-bond acceptors (Lipinski definition) is 2. The van der Waals surface area contributed by atoms with Crippen LogP contribution in [0, 0.1) is 23.7 Å². The van der Waals surface area contributed by atoms with Gasteiger partial charge in [-0.2, -0.15) is 0 Å². The predicted octanol–water partition coefficient (Wildman–Crippen LogP) is 5.95. The molecule has 0 spiro atoms. The van der Waals surface area contributed by atoms with Crippen LogP contribution in [0.1, 0.15) is 107 Å². The van der Waals surface area contributed by atoms with E-state index in [2.05, 4.69) is 66.0 Å². The highest BCUT2D eigenvalue weighted by atomic mass is 16.2. The highest BCUT2D eigenvalue weighted by Crippen LogP contribution is 2.05. The normalized spacial score (nSPS) is 11.0. The minimum Gasteiger partial charge on any atom is -0.356 e. The zero-order valence-electron chi connectivity index (χ0n) is 20.2. The van der Waals surface area contributed by atoms with Crippen molar-refractivity contribution in [1.82, 2.24) is 10.6 Å². The second-order valence-corrected chi connectivity index (χ2v) is 9.64. The Morgan fingerprint density at radius 1 is 0.536 bits per heavy atom. The Morgan fingerprint density at radius 2 is 0.821 bits per heavy atom. The Bertz CT molecular complexity index is 341. The van der Waals surface area contributed by atoms with E-state index in [1.54, 1.807) is 0 Å². The Labute approximate surface area is 176 Å². The van der Waals surface area contributed by atoms with Gasteiger partial charge < -0.3 is 10.6 Å². The van der Waals surface area contributed by atoms with Crippen molar-refractivity contribution < 1.29 is 9.59 Å². The first-order valence-electron chi connectivity index (χ1n) is 11.6. The van der Waals surface area contributed by atoms with Gasteiger partial charge in [-0.1, -0.05) is 55.4 Å². The SMILES string of the molecule is CC(C)CCCNC(=O)CCC(C)C.CC(C)CCCNC(=O)CCC(C)C. The molecule has 0 aliphatic carbocycles. The van der Waals surface area contributed by atoms with Crippen molar-refractivity contribution in [3.63, 3.8) is 0 Å². The molecule has 0 aliphatic rings. The van der Waals surface area contributed by atoms with E-state index in [1.807, 2.05) is 0 Å². The van der Waals surface area contributed by atoms with Crippen molar-refractivity contribution in [3.05, 3.63) is 0 Å².